The van der Waals surface area contributed by atoms with Crippen molar-refractivity contribution in [3.63, 3.8) is 0 Å². The van der Waals surface area contributed by atoms with E-state index < -0.39 is 11.7 Å². The topological polar surface area (TPSA) is 38.0 Å². The number of benzene rings is 2. The summed E-state index contributed by atoms with van der Waals surface area (Å²) in [7, 11) is 0. The van der Waals surface area contributed by atoms with Crippen LogP contribution in [0.2, 0.25) is 0 Å². The van der Waals surface area contributed by atoms with Crippen molar-refractivity contribution in [1.82, 2.24) is 0 Å². The lowest BCUT2D eigenvalue weighted by Crippen LogP contribution is -2.06. The first kappa shape index (κ1) is 13.3. The van der Waals surface area contributed by atoms with Crippen molar-refractivity contribution in [3.8, 4) is 0 Å². The van der Waals surface area contributed by atoms with Crippen molar-refractivity contribution in [2.24, 2.45) is 0 Å². The highest BCUT2D eigenvalue weighted by Crippen LogP contribution is 2.34. The highest BCUT2D eigenvalue weighted by Gasteiger charge is 2.30. The van der Waals surface area contributed by atoms with E-state index in [-0.39, 0.29) is 5.69 Å². The second kappa shape index (κ2) is 4.84. The van der Waals surface area contributed by atoms with Gasteiger partial charge in [0, 0.05) is 5.69 Å². The summed E-state index contributed by atoms with van der Waals surface area (Å²) >= 11 is 0. The molecule has 2 aromatic carbocycles. The van der Waals surface area contributed by atoms with Gasteiger partial charge in [0.15, 0.2) is 0 Å². The second-order valence-electron chi connectivity index (χ2n) is 4.24. The number of hydrogen-bond donors (Lipinski definition) is 2. The lowest BCUT2D eigenvalue weighted by atomic mass is 10.1. The molecule has 3 N–H and O–H groups in total. The molecule has 2 nitrogen and oxygen atoms in total. The average molecular weight is 266 g/mol. The molecule has 0 radical (unpaired) electrons. The third kappa shape index (κ3) is 2.99. The minimum Gasteiger partial charge on any atom is -0.397 e. The number of halogens is 3. The van der Waals surface area contributed by atoms with E-state index in [0.29, 0.717) is 5.69 Å². The summed E-state index contributed by atoms with van der Waals surface area (Å²) in [6.07, 6.45) is -4.38. The molecule has 5 heteroatoms. The largest absolute Gasteiger partial charge is 0.416 e. The van der Waals surface area contributed by atoms with Crippen molar-refractivity contribution in [1.29, 1.82) is 0 Å². The molecule has 0 aromatic heterocycles. The van der Waals surface area contributed by atoms with Crippen LogP contribution in [0.3, 0.4) is 0 Å². The molecular weight excluding hydrogens is 253 g/mol. The number of para-hydroxylation sites is 1. The van der Waals surface area contributed by atoms with Crippen molar-refractivity contribution in [2.75, 3.05) is 11.1 Å². The molecule has 0 aliphatic carbocycles. The van der Waals surface area contributed by atoms with Crippen molar-refractivity contribution in [2.45, 2.75) is 13.1 Å². The highest BCUT2D eigenvalue weighted by atomic mass is 19.4. The van der Waals surface area contributed by atoms with Gasteiger partial charge in [-0.15, -0.1) is 0 Å². The molecule has 100 valence electrons. The zero-order chi connectivity index (χ0) is 14.0. The number of anilines is 3. The van der Waals surface area contributed by atoms with Crippen LogP contribution in [0.25, 0.3) is 0 Å². The SMILES string of the molecule is Cc1ccccc1Nc1ccc(C(F)(F)F)cc1N. The first-order valence-electron chi connectivity index (χ1n) is 5.67. The van der Waals surface area contributed by atoms with Gasteiger partial charge in [-0.25, -0.2) is 0 Å². The number of nitrogens with two attached hydrogens (primary N) is 1. The molecule has 0 heterocycles. The Kier molecular flexibility index (Phi) is 3.38. The fourth-order valence-corrected chi connectivity index (χ4v) is 1.71. The molecule has 0 aliphatic rings. The smallest absolute Gasteiger partial charge is 0.397 e. The standard InChI is InChI=1S/C14H13F3N2/c1-9-4-2-3-5-12(9)19-13-7-6-10(8-11(13)18)14(15,16)17/h2-8,19H,18H2,1H3. The van der Waals surface area contributed by atoms with E-state index >= 15 is 0 Å². The normalized spacial score (nSPS) is 11.4. The van der Waals surface area contributed by atoms with E-state index in [1.165, 1.54) is 6.07 Å². The number of nitrogen functional groups attached to an aromatic ring is 1. The fraction of sp³-hybridized carbons (Fsp3) is 0.143. The van der Waals surface area contributed by atoms with E-state index in [4.69, 9.17) is 5.73 Å². The Labute approximate surface area is 109 Å². The van der Waals surface area contributed by atoms with Crippen LogP contribution in [0.1, 0.15) is 11.1 Å². The minimum absolute atomic E-state index is 0.0677. The molecule has 0 unspecified atom stereocenters. The van der Waals surface area contributed by atoms with Crippen LogP contribution >= 0.6 is 0 Å². The highest BCUT2D eigenvalue weighted by molar-refractivity contribution is 5.74. The molecule has 0 saturated carbocycles. The number of alkyl halides is 3. The molecule has 0 spiro atoms. The quantitative estimate of drug-likeness (QED) is 0.793. The van der Waals surface area contributed by atoms with E-state index in [2.05, 4.69) is 5.32 Å². The summed E-state index contributed by atoms with van der Waals surface area (Å²) < 4.78 is 37.5. The Morgan fingerprint density at radius 1 is 1.00 bits per heavy atom. The molecule has 0 fully saturated rings. The van der Waals surface area contributed by atoms with Crippen LogP contribution < -0.4 is 11.1 Å². The van der Waals surface area contributed by atoms with Gasteiger partial charge < -0.3 is 11.1 Å². The van der Waals surface area contributed by atoms with Gasteiger partial charge in [-0.1, -0.05) is 18.2 Å². The summed E-state index contributed by atoms with van der Waals surface area (Å²) in [4.78, 5) is 0. The van der Waals surface area contributed by atoms with Gasteiger partial charge in [0.25, 0.3) is 0 Å². The van der Waals surface area contributed by atoms with Gasteiger partial charge in [0.1, 0.15) is 0 Å². The number of nitrogens with one attached hydrogen (secondary N) is 1. The summed E-state index contributed by atoms with van der Waals surface area (Å²) in [5.41, 5.74) is 7.23. The maximum Gasteiger partial charge on any atom is 0.416 e. The third-order valence-corrected chi connectivity index (χ3v) is 2.79. The number of rotatable bonds is 2. The Morgan fingerprint density at radius 3 is 2.26 bits per heavy atom. The molecule has 0 amide bonds. The van der Waals surface area contributed by atoms with Crippen molar-refractivity contribution in [3.05, 3.63) is 53.6 Å². The van der Waals surface area contributed by atoms with Crippen LogP contribution in [0.5, 0.6) is 0 Å². The summed E-state index contributed by atoms with van der Waals surface area (Å²) in [5, 5.41) is 3.03. The zero-order valence-corrected chi connectivity index (χ0v) is 10.3. The van der Waals surface area contributed by atoms with Gasteiger partial charge in [0.2, 0.25) is 0 Å². The predicted octanol–water partition coefficient (Wildman–Crippen LogP) is 4.34. The third-order valence-electron chi connectivity index (χ3n) is 2.79. The number of hydrogen-bond acceptors (Lipinski definition) is 2. The Hall–Kier alpha value is -2.17. The lowest BCUT2D eigenvalue weighted by molar-refractivity contribution is -0.137. The monoisotopic (exact) mass is 266 g/mol. The maximum absolute atomic E-state index is 12.5. The molecule has 2 aromatic rings. The zero-order valence-electron chi connectivity index (χ0n) is 10.3. The fourth-order valence-electron chi connectivity index (χ4n) is 1.71. The van der Waals surface area contributed by atoms with Crippen LogP contribution in [-0.4, -0.2) is 0 Å². The maximum atomic E-state index is 12.5. The van der Waals surface area contributed by atoms with Gasteiger partial charge in [-0.05, 0) is 36.8 Å². The van der Waals surface area contributed by atoms with Crippen LogP contribution in [-0.2, 0) is 6.18 Å². The number of aryl methyl sites for hydroxylation is 1. The van der Waals surface area contributed by atoms with E-state index in [1.807, 2.05) is 31.2 Å². The lowest BCUT2D eigenvalue weighted by Gasteiger charge is -2.14. The van der Waals surface area contributed by atoms with Gasteiger partial charge in [-0.2, -0.15) is 13.2 Å². The van der Waals surface area contributed by atoms with E-state index in [1.54, 1.807) is 0 Å². The molecular formula is C14H13F3N2. The molecule has 0 bridgehead atoms. The van der Waals surface area contributed by atoms with Crippen LogP contribution in [0, 0.1) is 6.92 Å². The van der Waals surface area contributed by atoms with Gasteiger partial charge in [-0.3, -0.25) is 0 Å². The first-order chi connectivity index (χ1) is 8.88. The minimum atomic E-state index is -4.38. The molecule has 2 rings (SSSR count). The van der Waals surface area contributed by atoms with Crippen molar-refractivity contribution >= 4 is 17.1 Å². The van der Waals surface area contributed by atoms with Crippen LogP contribution in [0.4, 0.5) is 30.2 Å². The van der Waals surface area contributed by atoms with Gasteiger partial charge >= 0.3 is 6.18 Å². The van der Waals surface area contributed by atoms with Crippen LogP contribution in [0.15, 0.2) is 42.5 Å². The molecule has 0 aliphatic heterocycles. The Bertz CT molecular complexity index is 591. The molecule has 0 atom stereocenters. The average Bonchev–Trinajstić information content (AvgIpc) is 2.33. The van der Waals surface area contributed by atoms with E-state index in [9.17, 15) is 13.2 Å². The summed E-state index contributed by atoms with van der Waals surface area (Å²) in [6.45, 7) is 1.91. The van der Waals surface area contributed by atoms with Gasteiger partial charge in [0.05, 0.1) is 16.9 Å². The predicted molar refractivity (Wildman–Crippen MR) is 70.3 cm³/mol. The Morgan fingerprint density at radius 2 is 1.68 bits per heavy atom. The second-order valence-corrected chi connectivity index (χ2v) is 4.24. The first-order valence-corrected chi connectivity index (χ1v) is 5.67. The summed E-state index contributed by atoms with van der Waals surface area (Å²) in [6, 6.07) is 10.8. The summed E-state index contributed by atoms with van der Waals surface area (Å²) in [5.74, 6) is 0. The Balaban J connectivity index is 2.30. The van der Waals surface area contributed by atoms with E-state index in [0.717, 1.165) is 23.4 Å². The molecule has 0 saturated heterocycles. The van der Waals surface area contributed by atoms with Crippen molar-refractivity contribution < 1.29 is 13.2 Å². The molecule has 19 heavy (non-hydrogen) atoms.